The van der Waals surface area contributed by atoms with Crippen molar-refractivity contribution in [3.63, 3.8) is 0 Å². The Balaban J connectivity index is 3.00. The summed E-state index contributed by atoms with van der Waals surface area (Å²) in [4.78, 5) is 0. The van der Waals surface area contributed by atoms with E-state index in [1.807, 2.05) is 12.3 Å². The van der Waals surface area contributed by atoms with Crippen molar-refractivity contribution in [1.29, 1.82) is 0 Å². The highest BCUT2D eigenvalue weighted by molar-refractivity contribution is 9.10. The number of hydrogen-bond acceptors (Lipinski definition) is 1. The van der Waals surface area contributed by atoms with E-state index in [-0.39, 0.29) is 5.82 Å². The quantitative estimate of drug-likeness (QED) is 0.756. The van der Waals surface area contributed by atoms with E-state index in [0.717, 1.165) is 10.0 Å². The van der Waals surface area contributed by atoms with Gasteiger partial charge in [0.05, 0.1) is 0 Å². The molecule has 0 N–H and O–H groups in total. The fraction of sp³-hybridized carbons (Fsp3) is 0.250. The van der Waals surface area contributed by atoms with Gasteiger partial charge in [-0.1, -0.05) is 22.0 Å². The maximum Gasteiger partial charge on any atom is 0.128 e. The van der Waals surface area contributed by atoms with Crippen LogP contribution >= 0.6 is 27.7 Å². The summed E-state index contributed by atoms with van der Waals surface area (Å²) in [5, 5.41) is 0. The van der Waals surface area contributed by atoms with Gasteiger partial charge in [0.15, 0.2) is 0 Å². The summed E-state index contributed by atoms with van der Waals surface area (Å²) < 4.78 is 13.8. The van der Waals surface area contributed by atoms with Crippen LogP contribution in [-0.2, 0) is 5.75 Å². The molecule has 0 nitrogen and oxygen atoms in total. The number of benzene rings is 1. The van der Waals surface area contributed by atoms with Crippen molar-refractivity contribution in [2.24, 2.45) is 0 Å². The van der Waals surface area contributed by atoms with Gasteiger partial charge in [0, 0.05) is 15.8 Å². The van der Waals surface area contributed by atoms with E-state index in [9.17, 15) is 4.39 Å². The molecule has 0 atom stereocenters. The van der Waals surface area contributed by atoms with Gasteiger partial charge in [0.1, 0.15) is 5.82 Å². The highest BCUT2D eigenvalue weighted by Crippen LogP contribution is 2.22. The Morgan fingerprint density at radius 2 is 2.27 bits per heavy atom. The largest absolute Gasteiger partial charge is 0.207 e. The summed E-state index contributed by atoms with van der Waals surface area (Å²) in [6.07, 6.45) is 1.96. The Hall–Kier alpha value is -0.0200. The van der Waals surface area contributed by atoms with E-state index >= 15 is 0 Å². The monoisotopic (exact) mass is 234 g/mol. The lowest BCUT2D eigenvalue weighted by Crippen LogP contribution is -1.87. The smallest absolute Gasteiger partial charge is 0.128 e. The first-order chi connectivity index (χ1) is 5.25. The van der Waals surface area contributed by atoms with Crippen molar-refractivity contribution in [3.8, 4) is 0 Å². The van der Waals surface area contributed by atoms with Crippen molar-refractivity contribution < 1.29 is 4.39 Å². The van der Waals surface area contributed by atoms with E-state index in [4.69, 9.17) is 0 Å². The van der Waals surface area contributed by atoms with E-state index in [1.165, 1.54) is 6.07 Å². The van der Waals surface area contributed by atoms with Crippen LogP contribution in [-0.4, -0.2) is 6.26 Å². The fourth-order valence-corrected chi connectivity index (χ4v) is 2.06. The third-order valence-corrected chi connectivity index (χ3v) is 2.67. The molecule has 3 heteroatoms. The zero-order valence-corrected chi connectivity index (χ0v) is 8.51. The van der Waals surface area contributed by atoms with Gasteiger partial charge in [-0.3, -0.25) is 0 Å². The molecule has 0 aliphatic carbocycles. The average Bonchev–Trinajstić information content (AvgIpc) is 1.97. The van der Waals surface area contributed by atoms with Crippen molar-refractivity contribution in [2.45, 2.75) is 5.75 Å². The van der Waals surface area contributed by atoms with Gasteiger partial charge in [-0.15, -0.1) is 0 Å². The lowest BCUT2D eigenvalue weighted by molar-refractivity contribution is 0.616. The summed E-state index contributed by atoms with van der Waals surface area (Å²) in [7, 11) is 0. The topological polar surface area (TPSA) is 0 Å². The Bertz CT molecular complexity index is 230. The summed E-state index contributed by atoms with van der Waals surface area (Å²) in [6, 6.07) is 5.04. The molecule has 0 heterocycles. The highest BCUT2D eigenvalue weighted by atomic mass is 79.9. The van der Waals surface area contributed by atoms with Crippen LogP contribution in [0.3, 0.4) is 0 Å². The lowest BCUT2D eigenvalue weighted by Gasteiger charge is -2.02. The minimum Gasteiger partial charge on any atom is -0.207 e. The molecule has 1 rings (SSSR count). The normalized spacial score (nSPS) is 10.1. The average molecular weight is 235 g/mol. The second-order valence-electron chi connectivity index (χ2n) is 2.13. The third-order valence-electron chi connectivity index (χ3n) is 1.35. The zero-order chi connectivity index (χ0) is 8.27. The van der Waals surface area contributed by atoms with Crippen molar-refractivity contribution in [3.05, 3.63) is 34.1 Å². The molecule has 1 aromatic carbocycles. The van der Waals surface area contributed by atoms with Crippen LogP contribution in [0.4, 0.5) is 4.39 Å². The Morgan fingerprint density at radius 1 is 1.55 bits per heavy atom. The maximum atomic E-state index is 13.0. The van der Waals surface area contributed by atoms with Gasteiger partial charge < -0.3 is 0 Å². The van der Waals surface area contributed by atoms with Gasteiger partial charge >= 0.3 is 0 Å². The second kappa shape index (κ2) is 4.12. The minimum atomic E-state index is -0.131. The summed E-state index contributed by atoms with van der Waals surface area (Å²) >= 11 is 4.91. The lowest BCUT2D eigenvalue weighted by atomic mass is 10.2. The standard InChI is InChI=1S/C8H8BrFS/c1-11-5-6-7(9)3-2-4-8(6)10/h2-4H,5H2,1H3. The van der Waals surface area contributed by atoms with Crippen LogP contribution < -0.4 is 0 Å². The molecule has 0 spiro atoms. The molecule has 60 valence electrons. The first-order valence-corrected chi connectivity index (χ1v) is 5.36. The summed E-state index contributed by atoms with van der Waals surface area (Å²) in [5.74, 6) is 0.585. The Labute approximate surface area is 78.3 Å². The Kier molecular flexibility index (Phi) is 3.40. The molecule has 0 aliphatic heterocycles. The number of hydrogen-bond donors (Lipinski definition) is 0. The fourth-order valence-electron chi connectivity index (χ4n) is 0.815. The van der Waals surface area contributed by atoms with E-state index in [2.05, 4.69) is 15.9 Å². The van der Waals surface area contributed by atoms with Gasteiger partial charge in [0.2, 0.25) is 0 Å². The third kappa shape index (κ3) is 2.20. The summed E-state index contributed by atoms with van der Waals surface area (Å²) in [6.45, 7) is 0. The minimum absolute atomic E-state index is 0.131. The van der Waals surface area contributed by atoms with Crippen molar-refractivity contribution >= 4 is 27.7 Å². The van der Waals surface area contributed by atoms with Crippen LogP contribution in [0.1, 0.15) is 5.56 Å². The molecule has 0 amide bonds. The van der Waals surface area contributed by atoms with Gasteiger partial charge in [-0.05, 0) is 18.4 Å². The molecule has 0 saturated carbocycles. The number of thioether (sulfide) groups is 1. The van der Waals surface area contributed by atoms with Crippen LogP contribution in [0.15, 0.2) is 22.7 Å². The highest BCUT2D eigenvalue weighted by Gasteiger charge is 2.03. The van der Waals surface area contributed by atoms with Crippen molar-refractivity contribution in [1.82, 2.24) is 0 Å². The molecule has 0 unspecified atom stereocenters. The maximum absolute atomic E-state index is 13.0. The molecule has 0 aliphatic rings. The molecule has 11 heavy (non-hydrogen) atoms. The summed E-state index contributed by atoms with van der Waals surface area (Å²) in [5.41, 5.74) is 0.750. The predicted molar refractivity (Wildman–Crippen MR) is 51.3 cm³/mol. The van der Waals surface area contributed by atoms with E-state index < -0.39 is 0 Å². The van der Waals surface area contributed by atoms with Crippen molar-refractivity contribution in [2.75, 3.05) is 6.26 Å². The second-order valence-corrected chi connectivity index (χ2v) is 3.85. The molecule has 0 bridgehead atoms. The SMILES string of the molecule is CSCc1c(F)cccc1Br. The molecule has 1 aromatic rings. The van der Waals surface area contributed by atoms with Crippen LogP contribution in [0.25, 0.3) is 0 Å². The van der Waals surface area contributed by atoms with Crippen LogP contribution in [0.2, 0.25) is 0 Å². The van der Waals surface area contributed by atoms with Crippen LogP contribution in [0, 0.1) is 5.82 Å². The number of rotatable bonds is 2. The first kappa shape index (κ1) is 9.07. The van der Waals surface area contributed by atoms with Crippen LogP contribution in [0.5, 0.6) is 0 Å². The predicted octanol–water partition coefficient (Wildman–Crippen LogP) is 3.45. The molecular formula is C8H8BrFS. The van der Waals surface area contributed by atoms with Gasteiger partial charge in [-0.25, -0.2) is 4.39 Å². The molecule has 0 saturated heterocycles. The molecule has 0 aromatic heterocycles. The van der Waals surface area contributed by atoms with Gasteiger partial charge in [0.25, 0.3) is 0 Å². The van der Waals surface area contributed by atoms with E-state index in [0.29, 0.717) is 5.75 Å². The first-order valence-electron chi connectivity index (χ1n) is 3.17. The van der Waals surface area contributed by atoms with Gasteiger partial charge in [-0.2, -0.15) is 11.8 Å². The molecule has 0 fully saturated rings. The Morgan fingerprint density at radius 3 is 2.82 bits per heavy atom. The molecule has 0 radical (unpaired) electrons. The van der Waals surface area contributed by atoms with E-state index in [1.54, 1.807) is 17.8 Å². The molecular weight excluding hydrogens is 227 g/mol. The zero-order valence-electron chi connectivity index (χ0n) is 6.10. The number of halogens is 2.